The van der Waals surface area contributed by atoms with Gasteiger partial charge in [0, 0.05) is 30.8 Å². The lowest BCUT2D eigenvalue weighted by atomic mass is 9.98. The highest BCUT2D eigenvalue weighted by atomic mass is 16.5. The number of aryl methyl sites for hydroxylation is 2. The molecule has 1 aliphatic carbocycles. The van der Waals surface area contributed by atoms with Crippen LogP contribution in [-0.2, 0) is 14.4 Å². The largest absolute Gasteiger partial charge is 0.360 e. The molecule has 1 aromatic carbocycles. The molecule has 3 rings (SSSR count). The number of aromatic nitrogens is 1. The van der Waals surface area contributed by atoms with Gasteiger partial charge in [0.25, 0.3) is 0 Å². The van der Waals surface area contributed by atoms with Gasteiger partial charge in [-0.15, -0.1) is 6.58 Å². The van der Waals surface area contributed by atoms with Gasteiger partial charge in [0.1, 0.15) is 11.8 Å². The van der Waals surface area contributed by atoms with Crippen LogP contribution in [0.3, 0.4) is 0 Å². The van der Waals surface area contributed by atoms with E-state index in [1.54, 1.807) is 19.1 Å². The number of anilines is 1. The van der Waals surface area contributed by atoms with Crippen molar-refractivity contribution in [2.24, 2.45) is 0 Å². The maximum atomic E-state index is 13.4. The molecule has 1 saturated carbocycles. The van der Waals surface area contributed by atoms with Gasteiger partial charge >= 0.3 is 0 Å². The molecule has 33 heavy (non-hydrogen) atoms. The van der Waals surface area contributed by atoms with Crippen molar-refractivity contribution in [1.82, 2.24) is 15.4 Å². The van der Waals surface area contributed by atoms with Gasteiger partial charge in [-0.25, -0.2) is 0 Å². The maximum absolute atomic E-state index is 13.4. The topological polar surface area (TPSA) is 105 Å². The van der Waals surface area contributed by atoms with Crippen LogP contribution in [0.5, 0.6) is 0 Å². The molecule has 2 N–H and O–H groups in total. The first-order valence-electron chi connectivity index (χ1n) is 11.1. The van der Waals surface area contributed by atoms with Crippen molar-refractivity contribution in [3.8, 4) is 0 Å². The number of nitrogens with one attached hydrogen (secondary N) is 2. The minimum absolute atomic E-state index is 0.108. The predicted molar refractivity (Wildman–Crippen MR) is 125 cm³/mol. The summed E-state index contributed by atoms with van der Waals surface area (Å²) in [6, 6.07) is 8.32. The van der Waals surface area contributed by atoms with E-state index in [0.29, 0.717) is 5.76 Å². The molecular weight excluding hydrogens is 420 g/mol. The molecule has 2 aromatic rings. The number of carbonyl (C=O) groups excluding carboxylic acids is 3. The van der Waals surface area contributed by atoms with Crippen LogP contribution < -0.4 is 10.6 Å². The number of nitrogens with zero attached hydrogens (tertiary/aromatic N) is 2. The Kier molecular flexibility index (Phi) is 8.18. The molecule has 1 atom stereocenters. The average Bonchev–Trinajstić information content (AvgIpc) is 3.44. The summed E-state index contributed by atoms with van der Waals surface area (Å²) in [4.78, 5) is 40.2. The molecule has 8 heteroatoms. The minimum atomic E-state index is -0.844. The van der Waals surface area contributed by atoms with Crippen LogP contribution in [0.1, 0.15) is 48.6 Å². The quantitative estimate of drug-likeness (QED) is 0.449. The number of hydrogen-bond acceptors (Lipinski definition) is 5. The Morgan fingerprint density at radius 3 is 2.58 bits per heavy atom. The summed E-state index contributed by atoms with van der Waals surface area (Å²) >= 11 is 0. The van der Waals surface area contributed by atoms with Crippen molar-refractivity contribution in [2.75, 3.05) is 11.9 Å². The number of benzene rings is 1. The van der Waals surface area contributed by atoms with E-state index in [1.165, 1.54) is 4.90 Å². The standard InChI is InChI=1S/C25H30N4O4/c1-4-15-29(23(31)14-13-22(30)27-21-16-18(3)33-28-21)24(20-12-8-5-9-17(20)2)25(32)26-19-10-6-7-11-19/h4-5,8-9,12-14,16,19,24H,1,6-7,10-11,15H2,2-3H3,(H,26,32)(H,27,28,30)/b14-13+/t24-/m0/s1. The molecule has 1 aromatic heterocycles. The lowest BCUT2D eigenvalue weighted by molar-refractivity contribution is -0.137. The van der Waals surface area contributed by atoms with Crippen LogP contribution in [0, 0.1) is 13.8 Å². The number of carbonyl (C=O) groups is 3. The van der Waals surface area contributed by atoms with Gasteiger partial charge in [-0.2, -0.15) is 0 Å². The van der Waals surface area contributed by atoms with Crippen LogP contribution in [0.15, 0.2) is 59.7 Å². The Labute approximate surface area is 193 Å². The number of amides is 3. The van der Waals surface area contributed by atoms with Crippen molar-refractivity contribution in [3.05, 3.63) is 72.0 Å². The number of hydrogen-bond donors (Lipinski definition) is 2. The second-order valence-electron chi connectivity index (χ2n) is 8.17. The molecule has 0 saturated heterocycles. The Morgan fingerprint density at radius 1 is 1.21 bits per heavy atom. The Hall–Kier alpha value is -3.68. The van der Waals surface area contributed by atoms with E-state index in [2.05, 4.69) is 22.4 Å². The van der Waals surface area contributed by atoms with E-state index in [-0.39, 0.29) is 24.3 Å². The SMILES string of the molecule is C=CCN(C(=O)/C=C/C(=O)Nc1cc(C)on1)[C@H](C(=O)NC1CCCC1)c1ccccc1C. The molecular formula is C25H30N4O4. The van der Waals surface area contributed by atoms with Crippen LogP contribution in [0.4, 0.5) is 5.82 Å². The van der Waals surface area contributed by atoms with Gasteiger partial charge in [-0.05, 0) is 37.8 Å². The molecule has 0 bridgehead atoms. The zero-order valence-electron chi connectivity index (χ0n) is 19.0. The van der Waals surface area contributed by atoms with Crippen molar-refractivity contribution in [2.45, 2.75) is 51.6 Å². The van der Waals surface area contributed by atoms with Gasteiger partial charge in [-0.3, -0.25) is 14.4 Å². The van der Waals surface area contributed by atoms with E-state index < -0.39 is 17.9 Å². The fourth-order valence-corrected chi connectivity index (χ4v) is 3.99. The highest BCUT2D eigenvalue weighted by Gasteiger charge is 2.32. The first-order chi connectivity index (χ1) is 15.9. The maximum Gasteiger partial charge on any atom is 0.249 e. The van der Waals surface area contributed by atoms with Gasteiger partial charge in [0.05, 0.1) is 0 Å². The smallest absolute Gasteiger partial charge is 0.249 e. The van der Waals surface area contributed by atoms with Gasteiger partial charge < -0.3 is 20.1 Å². The first kappa shape index (κ1) is 24.0. The van der Waals surface area contributed by atoms with Gasteiger partial charge in [0.2, 0.25) is 17.7 Å². The lowest BCUT2D eigenvalue weighted by Crippen LogP contribution is -2.46. The molecule has 0 radical (unpaired) electrons. The van der Waals surface area contributed by atoms with Gasteiger partial charge in [-0.1, -0.05) is 48.3 Å². The zero-order chi connectivity index (χ0) is 23.8. The van der Waals surface area contributed by atoms with Crippen LogP contribution in [0.2, 0.25) is 0 Å². The first-order valence-corrected chi connectivity index (χ1v) is 11.1. The molecule has 174 valence electrons. The second kappa shape index (κ2) is 11.3. The summed E-state index contributed by atoms with van der Waals surface area (Å²) in [5, 5.41) is 9.33. The lowest BCUT2D eigenvalue weighted by Gasteiger charge is -2.31. The molecule has 3 amide bonds. The molecule has 0 aliphatic heterocycles. The molecule has 1 heterocycles. The van der Waals surface area contributed by atoms with E-state index in [0.717, 1.165) is 49.0 Å². The predicted octanol–water partition coefficient (Wildman–Crippen LogP) is 3.60. The van der Waals surface area contributed by atoms with E-state index >= 15 is 0 Å². The summed E-state index contributed by atoms with van der Waals surface area (Å²) in [6.45, 7) is 7.51. The average molecular weight is 451 g/mol. The summed E-state index contributed by atoms with van der Waals surface area (Å²) < 4.78 is 4.91. The van der Waals surface area contributed by atoms with E-state index in [4.69, 9.17) is 4.52 Å². The van der Waals surface area contributed by atoms with Crippen LogP contribution in [0.25, 0.3) is 0 Å². The molecule has 1 aliphatic rings. The second-order valence-corrected chi connectivity index (χ2v) is 8.17. The molecule has 1 fully saturated rings. The fraction of sp³-hybridized carbons (Fsp3) is 0.360. The van der Waals surface area contributed by atoms with E-state index in [9.17, 15) is 14.4 Å². The summed E-state index contributed by atoms with van der Waals surface area (Å²) in [5.74, 6) is -0.431. The molecule has 0 unspecified atom stereocenters. The Morgan fingerprint density at radius 2 is 1.94 bits per heavy atom. The van der Waals surface area contributed by atoms with Crippen molar-refractivity contribution >= 4 is 23.5 Å². The normalized spacial score (nSPS) is 14.7. The van der Waals surface area contributed by atoms with E-state index in [1.807, 2.05) is 31.2 Å². The third-order valence-electron chi connectivity index (χ3n) is 5.61. The van der Waals surface area contributed by atoms with Crippen LogP contribution >= 0.6 is 0 Å². The third kappa shape index (κ3) is 6.41. The molecule has 0 spiro atoms. The van der Waals surface area contributed by atoms with Crippen molar-refractivity contribution in [1.29, 1.82) is 0 Å². The Balaban J connectivity index is 1.83. The summed E-state index contributed by atoms with van der Waals surface area (Å²) in [5.41, 5.74) is 1.63. The zero-order valence-corrected chi connectivity index (χ0v) is 19.0. The third-order valence-corrected chi connectivity index (χ3v) is 5.61. The number of rotatable bonds is 9. The highest BCUT2D eigenvalue weighted by Crippen LogP contribution is 2.26. The minimum Gasteiger partial charge on any atom is -0.360 e. The summed E-state index contributed by atoms with van der Waals surface area (Å²) in [6.07, 6.45) is 7.87. The highest BCUT2D eigenvalue weighted by molar-refractivity contribution is 6.03. The summed E-state index contributed by atoms with van der Waals surface area (Å²) in [7, 11) is 0. The fourth-order valence-electron chi connectivity index (χ4n) is 3.99. The molecule has 8 nitrogen and oxygen atoms in total. The van der Waals surface area contributed by atoms with Gasteiger partial charge in [0.15, 0.2) is 5.82 Å². The monoisotopic (exact) mass is 450 g/mol. The Bertz CT molecular complexity index is 1040. The van der Waals surface area contributed by atoms with Crippen LogP contribution in [-0.4, -0.2) is 40.4 Å². The van der Waals surface area contributed by atoms with Crippen molar-refractivity contribution < 1.29 is 18.9 Å². The van der Waals surface area contributed by atoms with Crippen molar-refractivity contribution in [3.63, 3.8) is 0 Å².